The van der Waals surface area contributed by atoms with Gasteiger partial charge in [0.2, 0.25) is 0 Å². The van der Waals surface area contributed by atoms with E-state index in [1.54, 1.807) is 16.3 Å². The van der Waals surface area contributed by atoms with Crippen LogP contribution >= 0.6 is 11.3 Å². The molecule has 98 valence electrons. The largest absolute Gasteiger partial charge is 0.481 e. The average molecular weight is 267 g/mol. The molecule has 2 rings (SSSR count). The van der Waals surface area contributed by atoms with Crippen LogP contribution in [-0.2, 0) is 4.79 Å². The summed E-state index contributed by atoms with van der Waals surface area (Å²) in [5.74, 6) is -0.826. The summed E-state index contributed by atoms with van der Waals surface area (Å²) in [7, 11) is 0. The Morgan fingerprint density at radius 3 is 2.67 bits per heavy atom. The molecule has 1 aromatic heterocycles. The highest BCUT2D eigenvalue weighted by molar-refractivity contribution is 7.08. The minimum absolute atomic E-state index is 0.0234. The third kappa shape index (κ3) is 2.03. The molecule has 4 nitrogen and oxygen atoms in total. The van der Waals surface area contributed by atoms with E-state index in [1.807, 2.05) is 19.2 Å². The zero-order valence-corrected chi connectivity index (χ0v) is 11.4. The van der Waals surface area contributed by atoms with Crippen LogP contribution in [-0.4, -0.2) is 35.0 Å². The van der Waals surface area contributed by atoms with Crippen LogP contribution in [0.5, 0.6) is 0 Å². The minimum Gasteiger partial charge on any atom is -0.481 e. The van der Waals surface area contributed by atoms with Crippen molar-refractivity contribution < 1.29 is 14.7 Å². The maximum absolute atomic E-state index is 12.2. The fraction of sp³-hybridized carbons (Fsp3) is 0.538. The van der Waals surface area contributed by atoms with E-state index in [2.05, 4.69) is 0 Å². The van der Waals surface area contributed by atoms with E-state index in [0.29, 0.717) is 25.1 Å². The van der Waals surface area contributed by atoms with Crippen molar-refractivity contribution in [2.75, 3.05) is 13.1 Å². The highest BCUT2D eigenvalue weighted by Gasteiger charge is 2.48. The van der Waals surface area contributed by atoms with Crippen molar-refractivity contribution in [2.24, 2.45) is 11.3 Å². The van der Waals surface area contributed by atoms with Crippen molar-refractivity contribution in [1.82, 2.24) is 4.90 Å². The number of hydrogen-bond acceptors (Lipinski definition) is 3. The molecule has 1 aromatic rings. The van der Waals surface area contributed by atoms with E-state index in [9.17, 15) is 14.7 Å². The van der Waals surface area contributed by atoms with E-state index >= 15 is 0 Å². The molecular formula is C13H17NO3S. The Bertz CT molecular complexity index is 455. The van der Waals surface area contributed by atoms with Crippen LogP contribution in [0.1, 0.15) is 30.6 Å². The summed E-state index contributed by atoms with van der Waals surface area (Å²) < 4.78 is 0. The van der Waals surface area contributed by atoms with E-state index in [-0.39, 0.29) is 11.8 Å². The van der Waals surface area contributed by atoms with Crippen LogP contribution in [0.4, 0.5) is 0 Å². The average Bonchev–Trinajstić information content (AvgIpc) is 2.98. The Morgan fingerprint density at radius 2 is 2.22 bits per heavy atom. The van der Waals surface area contributed by atoms with Gasteiger partial charge in [0, 0.05) is 18.5 Å². The van der Waals surface area contributed by atoms with Gasteiger partial charge in [0.05, 0.1) is 11.0 Å². The first kappa shape index (κ1) is 13.1. The van der Waals surface area contributed by atoms with Crippen LogP contribution < -0.4 is 0 Å². The third-order valence-corrected chi connectivity index (χ3v) is 4.57. The van der Waals surface area contributed by atoms with Crippen molar-refractivity contribution in [1.29, 1.82) is 0 Å². The van der Waals surface area contributed by atoms with Crippen molar-refractivity contribution in [2.45, 2.75) is 20.3 Å². The lowest BCUT2D eigenvalue weighted by Gasteiger charge is -2.28. The summed E-state index contributed by atoms with van der Waals surface area (Å²) >= 11 is 1.48. The van der Waals surface area contributed by atoms with Crippen molar-refractivity contribution in [3.63, 3.8) is 0 Å². The van der Waals surface area contributed by atoms with Gasteiger partial charge in [0.25, 0.3) is 5.91 Å². The molecule has 1 aliphatic rings. The molecule has 0 aromatic carbocycles. The lowest BCUT2D eigenvalue weighted by Crippen LogP contribution is -2.40. The van der Waals surface area contributed by atoms with E-state index in [0.717, 1.165) is 0 Å². The molecule has 1 amide bonds. The first-order valence-electron chi connectivity index (χ1n) is 6.02. The van der Waals surface area contributed by atoms with Crippen molar-refractivity contribution in [3.05, 3.63) is 22.4 Å². The molecule has 1 unspecified atom stereocenters. The molecule has 1 atom stereocenters. The number of amides is 1. The number of nitrogens with zero attached hydrogens (tertiary/aromatic N) is 1. The second kappa shape index (κ2) is 4.72. The van der Waals surface area contributed by atoms with Gasteiger partial charge in [-0.15, -0.1) is 0 Å². The Hall–Kier alpha value is -1.36. The number of likely N-dealkylation sites (tertiary alicyclic amines) is 1. The summed E-state index contributed by atoms with van der Waals surface area (Å²) in [5, 5.41) is 13.1. The van der Waals surface area contributed by atoms with Crippen LogP contribution in [0.3, 0.4) is 0 Å². The molecule has 0 bridgehead atoms. The van der Waals surface area contributed by atoms with Gasteiger partial charge in [0.1, 0.15) is 0 Å². The molecule has 0 aliphatic carbocycles. The summed E-state index contributed by atoms with van der Waals surface area (Å²) in [6.45, 7) is 4.66. The monoisotopic (exact) mass is 267 g/mol. The topological polar surface area (TPSA) is 57.6 Å². The molecule has 0 spiro atoms. The number of rotatable bonds is 3. The van der Waals surface area contributed by atoms with E-state index in [1.165, 1.54) is 11.3 Å². The van der Waals surface area contributed by atoms with Gasteiger partial charge in [-0.2, -0.15) is 11.3 Å². The highest BCUT2D eigenvalue weighted by Crippen LogP contribution is 2.38. The number of hydrogen-bond donors (Lipinski definition) is 1. The number of aliphatic carboxylic acids is 1. The number of thiophene rings is 1. The Kier molecular flexibility index (Phi) is 3.43. The zero-order valence-electron chi connectivity index (χ0n) is 10.5. The van der Waals surface area contributed by atoms with Crippen LogP contribution in [0, 0.1) is 11.3 Å². The first-order chi connectivity index (χ1) is 8.47. The first-order valence-corrected chi connectivity index (χ1v) is 6.96. The number of carbonyl (C=O) groups excluding carboxylic acids is 1. The predicted molar refractivity (Wildman–Crippen MR) is 69.7 cm³/mol. The highest BCUT2D eigenvalue weighted by atomic mass is 32.1. The van der Waals surface area contributed by atoms with Gasteiger partial charge in [-0.1, -0.05) is 13.8 Å². The fourth-order valence-electron chi connectivity index (χ4n) is 2.47. The van der Waals surface area contributed by atoms with E-state index in [4.69, 9.17) is 0 Å². The fourth-order valence-corrected chi connectivity index (χ4v) is 3.10. The Morgan fingerprint density at radius 1 is 1.50 bits per heavy atom. The second-order valence-corrected chi connectivity index (χ2v) is 5.88. The Labute approximate surface area is 110 Å². The maximum Gasteiger partial charge on any atom is 0.311 e. The molecule has 1 N–H and O–H groups in total. The molecule has 1 aliphatic heterocycles. The quantitative estimate of drug-likeness (QED) is 0.914. The number of carboxylic acid groups (broad SMARTS) is 1. The van der Waals surface area contributed by atoms with Crippen molar-refractivity contribution >= 4 is 23.2 Å². The predicted octanol–water partition coefficient (Wildman–Crippen LogP) is 2.32. The zero-order chi connectivity index (χ0) is 13.3. The molecule has 1 fully saturated rings. The van der Waals surface area contributed by atoms with Gasteiger partial charge in [-0.05, 0) is 23.8 Å². The number of carboxylic acids is 1. The minimum atomic E-state index is -0.793. The molecule has 18 heavy (non-hydrogen) atoms. The lowest BCUT2D eigenvalue weighted by molar-refractivity contribution is -0.150. The van der Waals surface area contributed by atoms with Crippen LogP contribution in [0.2, 0.25) is 0 Å². The molecule has 5 heteroatoms. The van der Waals surface area contributed by atoms with Crippen LogP contribution in [0.15, 0.2) is 16.8 Å². The smallest absolute Gasteiger partial charge is 0.311 e. The molecule has 1 saturated heterocycles. The van der Waals surface area contributed by atoms with Crippen LogP contribution in [0.25, 0.3) is 0 Å². The normalized spacial score (nSPS) is 23.6. The van der Waals surface area contributed by atoms with Gasteiger partial charge in [-0.3, -0.25) is 9.59 Å². The maximum atomic E-state index is 12.2. The summed E-state index contributed by atoms with van der Waals surface area (Å²) in [5.41, 5.74) is -0.129. The van der Waals surface area contributed by atoms with Gasteiger partial charge >= 0.3 is 5.97 Å². The van der Waals surface area contributed by atoms with E-state index < -0.39 is 11.4 Å². The summed E-state index contributed by atoms with van der Waals surface area (Å²) in [4.78, 5) is 25.3. The summed E-state index contributed by atoms with van der Waals surface area (Å²) in [6.07, 6.45) is 0.538. The van der Waals surface area contributed by atoms with Gasteiger partial charge in [-0.25, -0.2) is 0 Å². The second-order valence-electron chi connectivity index (χ2n) is 5.10. The Balaban J connectivity index is 2.17. The summed E-state index contributed by atoms with van der Waals surface area (Å²) in [6, 6.07) is 1.78. The van der Waals surface area contributed by atoms with Gasteiger partial charge in [0.15, 0.2) is 0 Å². The third-order valence-electron chi connectivity index (χ3n) is 3.89. The lowest BCUT2D eigenvalue weighted by atomic mass is 9.76. The van der Waals surface area contributed by atoms with Gasteiger partial charge < -0.3 is 10.0 Å². The van der Waals surface area contributed by atoms with Crippen molar-refractivity contribution in [3.8, 4) is 0 Å². The molecule has 2 heterocycles. The molecular weight excluding hydrogens is 250 g/mol. The SMILES string of the molecule is CC(C)C1(C(=O)O)CCN(C(=O)c2ccsc2)C1. The molecule has 0 saturated carbocycles. The number of carbonyl (C=O) groups is 2. The molecule has 0 radical (unpaired) electrons. The standard InChI is InChI=1S/C13H17NO3S/c1-9(2)13(12(16)17)4-5-14(8-13)11(15)10-3-6-18-7-10/h3,6-7,9H,4-5,8H2,1-2H3,(H,16,17).